The maximum Gasteiger partial charge on any atom is 0.0730 e. The fourth-order valence-corrected chi connectivity index (χ4v) is 2.29. The summed E-state index contributed by atoms with van der Waals surface area (Å²) < 4.78 is 5.71. The number of nitrogens with zero attached hydrogens (tertiary/aromatic N) is 1. The largest absolute Gasteiger partial charge is 0.375 e. The van der Waals surface area contributed by atoms with Crippen LogP contribution in [0, 0.1) is 0 Å². The molecule has 13 heavy (non-hydrogen) atoms. The van der Waals surface area contributed by atoms with Gasteiger partial charge in [0.15, 0.2) is 0 Å². The van der Waals surface area contributed by atoms with Gasteiger partial charge < -0.3 is 4.74 Å². The number of rotatable bonds is 0. The summed E-state index contributed by atoms with van der Waals surface area (Å²) in [4.78, 5) is 2.47. The zero-order chi connectivity index (χ0) is 9.68. The van der Waals surface area contributed by atoms with E-state index in [-0.39, 0.29) is 0 Å². The number of hydrogen-bond acceptors (Lipinski definition) is 2. The molecule has 2 atom stereocenters. The first-order valence-corrected chi connectivity index (χ1v) is 5.70. The second-order valence-corrected chi connectivity index (χ2v) is 3.74. The van der Waals surface area contributed by atoms with Gasteiger partial charge in [-0.15, -0.1) is 0 Å². The molecule has 2 heteroatoms. The van der Waals surface area contributed by atoms with Crippen LogP contribution in [0.1, 0.15) is 39.5 Å². The Balaban J connectivity index is 0.000000396. The van der Waals surface area contributed by atoms with Crippen molar-refractivity contribution in [1.82, 2.24) is 4.90 Å². The maximum atomic E-state index is 5.71. The minimum atomic E-state index is 0.558. The van der Waals surface area contributed by atoms with Gasteiger partial charge in [0.25, 0.3) is 0 Å². The van der Waals surface area contributed by atoms with Crippen molar-refractivity contribution in [3.05, 3.63) is 0 Å². The molecule has 2 rings (SSSR count). The van der Waals surface area contributed by atoms with Crippen LogP contribution in [-0.4, -0.2) is 37.2 Å². The average molecular weight is 185 g/mol. The summed E-state index contributed by atoms with van der Waals surface area (Å²) in [5.41, 5.74) is 0. The van der Waals surface area contributed by atoms with Crippen LogP contribution < -0.4 is 0 Å². The predicted octanol–water partition coefficient (Wildman–Crippen LogP) is 2.29. The van der Waals surface area contributed by atoms with Crippen LogP contribution >= 0.6 is 0 Å². The van der Waals surface area contributed by atoms with E-state index in [4.69, 9.17) is 4.74 Å². The number of hydrogen-bond donors (Lipinski definition) is 0. The molecule has 2 fully saturated rings. The third-order valence-corrected chi connectivity index (χ3v) is 3.01. The van der Waals surface area contributed by atoms with Crippen molar-refractivity contribution in [3.63, 3.8) is 0 Å². The van der Waals surface area contributed by atoms with Crippen molar-refractivity contribution in [2.24, 2.45) is 0 Å². The molecule has 0 aromatic heterocycles. The zero-order valence-electron chi connectivity index (χ0n) is 9.25. The fraction of sp³-hybridized carbons (Fsp3) is 1.00. The first kappa shape index (κ1) is 11.0. The van der Waals surface area contributed by atoms with E-state index >= 15 is 0 Å². The van der Waals surface area contributed by atoms with E-state index in [9.17, 15) is 0 Å². The van der Waals surface area contributed by atoms with Gasteiger partial charge in [-0.2, -0.15) is 0 Å². The summed E-state index contributed by atoms with van der Waals surface area (Å²) in [5, 5.41) is 0. The number of likely N-dealkylation sites (N-methyl/N-ethyl adjacent to an activating group) is 1. The summed E-state index contributed by atoms with van der Waals surface area (Å²) in [6.07, 6.45) is 5.96. The van der Waals surface area contributed by atoms with E-state index in [2.05, 4.69) is 11.9 Å². The maximum absolute atomic E-state index is 5.71. The summed E-state index contributed by atoms with van der Waals surface area (Å²) in [6.45, 7) is 6.07. The van der Waals surface area contributed by atoms with Crippen molar-refractivity contribution in [2.45, 2.75) is 51.7 Å². The molecule has 0 radical (unpaired) electrons. The molecule has 0 aromatic rings. The molecule has 0 spiro atoms. The molecule has 2 unspecified atom stereocenters. The van der Waals surface area contributed by atoms with Crippen LogP contribution in [0.25, 0.3) is 0 Å². The lowest BCUT2D eigenvalue weighted by Gasteiger charge is -2.41. The topological polar surface area (TPSA) is 12.5 Å². The van der Waals surface area contributed by atoms with Gasteiger partial charge in [-0.1, -0.05) is 26.7 Å². The fourth-order valence-electron chi connectivity index (χ4n) is 2.29. The molecule has 0 amide bonds. The van der Waals surface area contributed by atoms with E-state index in [1.807, 2.05) is 13.8 Å². The van der Waals surface area contributed by atoms with E-state index in [0.717, 1.165) is 19.2 Å². The third-order valence-electron chi connectivity index (χ3n) is 3.01. The molecule has 1 aliphatic heterocycles. The molecular weight excluding hydrogens is 162 g/mol. The van der Waals surface area contributed by atoms with Crippen molar-refractivity contribution in [3.8, 4) is 0 Å². The molecule has 1 saturated heterocycles. The first-order chi connectivity index (χ1) is 6.38. The molecule has 1 saturated carbocycles. The first-order valence-electron chi connectivity index (χ1n) is 5.70. The highest BCUT2D eigenvalue weighted by Gasteiger charge is 2.31. The highest BCUT2D eigenvalue weighted by molar-refractivity contribution is 4.85. The average Bonchev–Trinajstić information content (AvgIpc) is 2.22. The van der Waals surface area contributed by atoms with Crippen LogP contribution in [0.2, 0.25) is 0 Å². The summed E-state index contributed by atoms with van der Waals surface area (Å²) >= 11 is 0. The lowest BCUT2D eigenvalue weighted by Crippen LogP contribution is -2.50. The van der Waals surface area contributed by atoms with Crippen molar-refractivity contribution < 1.29 is 4.74 Å². The van der Waals surface area contributed by atoms with Crippen LogP contribution in [0.5, 0.6) is 0 Å². The number of morpholine rings is 1. The van der Waals surface area contributed by atoms with Crippen molar-refractivity contribution in [2.75, 3.05) is 20.2 Å². The van der Waals surface area contributed by atoms with Crippen LogP contribution in [0.3, 0.4) is 0 Å². The van der Waals surface area contributed by atoms with Gasteiger partial charge in [-0.05, 0) is 19.9 Å². The lowest BCUT2D eigenvalue weighted by atomic mass is 9.90. The minimum Gasteiger partial charge on any atom is -0.375 e. The molecular formula is C11H23NO. The molecule has 0 aromatic carbocycles. The van der Waals surface area contributed by atoms with Gasteiger partial charge in [-0.25, -0.2) is 0 Å². The molecule has 0 N–H and O–H groups in total. The summed E-state index contributed by atoms with van der Waals surface area (Å²) in [6, 6.07) is 0.734. The van der Waals surface area contributed by atoms with Gasteiger partial charge in [0.2, 0.25) is 0 Å². The van der Waals surface area contributed by atoms with Crippen LogP contribution in [0.4, 0.5) is 0 Å². The molecule has 2 aliphatic rings. The standard InChI is InChI=1S/C9H17NO.C2H6/c1-10-6-7-11-9-5-3-2-4-8(9)10;1-2/h8-9H,2-7H2,1H3;1-2H3. The predicted molar refractivity (Wildman–Crippen MR) is 56.0 cm³/mol. The lowest BCUT2D eigenvalue weighted by molar-refractivity contribution is -0.0788. The van der Waals surface area contributed by atoms with E-state index in [1.54, 1.807) is 0 Å². The number of ether oxygens (including phenoxy) is 1. The van der Waals surface area contributed by atoms with E-state index < -0.39 is 0 Å². The highest BCUT2D eigenvalue weighted by Crippen LogP contribution is 2.26. The Labute approximate surface area is 82.3 Å². The third kappa shape index (κ3) is 2.68. The molecule has 1 heterocycles. The van der Waals surface area contributed by atoms with E-state index in [1.165, 1.54) is 25.7 Å². The minimum absolute atomic E-state index is 0.558. The van der Waals surface area contributed by atoms with Crippen LogP contribution in [0.15, 0.2) is 0 Å². The van der Waals surface area contributed by atoms with Crippen molar-refractivity contribution in [1.29, 1.82) is 0 Å². The Hall–Kier alpha value is -0.0800. The molecule has 1 aliphatic carbocycles. The Morgan fingerprint density at radius 2 is 1.85 bits per heavy atom. The van der Waals surface area contributed by atoms with Gasteiger partial charge in [0.05, 0.1) is 12.7 Å². The van der Waals surface area contributed by atoms with Crippen LogP contribution in [-0.2, 0) is 4.74 Å². The van der Waals surface area contributed by atoms with Gasteiger partial charge in [-0.3, -0.25) is 4.90 Å². The van der Waals surface area contributed by atoms with Gasteiger partial charge in [0.1, 0.15) is 0 Å². The summed E-state index contributed by atoms with van der Waals surface area (Å²) in [5.74, 6) is 0. The van der Waals surface area contributed by atoms with E-state index in [0.29, 0.717) is 6.10 Å². The second kappa shape index (κ2) is 5.61. The zero-order valence-corrected chi connectivity index (χ0v) is 9.25. The highest BCUT2D eigenvalue weighted by atomic mass is 16.5. The van der Waals surface area contributed by atoms with Crippen molar-refractivity contribution >= 4 is 0 Å². The Morgan fingerprint density at radius 3 is 2.54 bits per heavy atom. The monoisotopic (exact) mass is 185 g/mol. The second-order valence-electron chi connectivity index (χ2n) is 3.74. The number of fused-ring (bicyclic) bond motifs is 1. The normalized spacial score (nSPS) is 34.4. The SMILES string of the molecule is CC.CN1CCOC2CCCCC21. The van der Waals surface area contributed by atoms with Gasteiger partial charge >= 0.3 is 0 Å². The Bertz CT molecular complexity index is 136. The Morgan fingerprint density at radius 1 is 1.15 bits per heavy atom. The molecule has 78 valence electrons. The summed E-state index contributed by atoms with van der Waals surface area (Å²) in [7, 11) is 2.23. The molecule has 0 bridgehead atoms. The quantitative estimate of drug-likeness (QED) is 0.574. The smallest absolute Gasteiger partial charge is 0.0730 e. The molecule has 2 nitrogen and oxygen atoms in total. The van der Waals surface area contributed by atoms with Gasteiger partial charge in [0, 0.05) is 12.6 Å². The Kier molecular flexibility index (Phi) is 4.74.